The van der Waals surface area contributed by atoms with Gasteiger partial charge in [-0.25, -0.2) is 0 Å². The van der Waals surface area contributed by atoms with E-state index in [0.717, 1.165) is 26.2 Å². The van der Waals surface area contributed by atoms with E-state index in [1.165, 1.54) is 12.8 Å². The Hall–Kier alpha value is -0.520. The lowest BCUT2D eigenvalue weighted by Gasteiger charge is -2.16. The average molecular weight is 168 g/mol. The number of nitrogens with one attached hydrogen (secondary N) is 1. The van der Waals surface area contributed by atoms with E-state index in [0.29, 0.717) is 0 Å². The summed E-state index contributed by atoms with van der Waals surface area (Å²) in [6.07, 6.45) is 7.70. The molecule has 0 rings (SSSR count). The molecule has 0 fully saturated rings. The molecule has 0 aromatic rings. The van der Waals surface area contributed by atoms with Crippen molar-refractivity contribution in [2.75, 3.05) is 33.2 Å². The standard InChI is InChI=1S/C10H20N2/c1-4-9-12(5-2)10-7-6-8-11-3/h1,11H,5-10H2,2-3H3. The van der Waals surface area contributed by atoms with E-state index in [1.807, 2.05) is 7.05 Å². The normalized spacial score (nSPS) is 10.2. The molecule has 0 aliphatic carbocycles. The maximum Gasteiger partial charge on any atom is 0.0598 e. The molecule has 0 atom stereocenters. The summed E-state index contributed by atoms with van der Waals surface area (Å²) in [6, 6.07) is 0. The lowest BCUT2D eigenvalue weighted by Crippen LogP contribution is -2.25. The predicted octanol–water partition coefficient (Wildman–Crippen LogP) is 0.941. The summed E-state index contributed by atoms with van der Waals surface area (Å²) in [7, 11) is 1.99. The molecular formula is C10H20N2. The molecule has 0 aliphatic rings. The summed E-state index contributed by atoms with van der Waals surface area (Å²) >= 11 is 0. The van der Waals surface area contributed by atoms with E-state index in [4.69, 9.17) is 6.42 Å². The highest BCUT2D eigenvalue weighted by Crippen LogP contribution is 1.93. The Morgan fingerprint density at radius 3 is 2.67 bits per heavy atom. The first-order chi connectivity index (χ1) is 5.85. The number of unbranched alkanes of at least 4 members (excludes halogenated alkanes) is 1. The van der Waals surface area contributed by atoms with Crippen LogP contribution in [0, 0.1) is 12.3 Å². The third-order valence-corrected chi connectivity index (χ3v) is 1.91. The van der Waals surface area contributed by atoms with Gasteiger partial charge in [-0.2, -0.15) is 0 Å². The maximum atomic E-state index is 5.23. The van der Waals surface area contributed by atoms with Gasteiger partial charge in [0.1, 0.15) is 0 Å². The molecule has 70 valence electrons. The Morgan fingerprint density at radius 2 is 2.17 bits per heavy atom. The number of rotatable bonds is 7. The van der Waals surface area contributed by atoms with Gasteiger partial charge in [0.25, 0.3) is 0 Å². The highest BCUT2D eigenvalue weighted by Gasteiger charge is 1.97. The molecule has 0 saturated carbocycles. The minimum atomic E-state index is 0.788. The molecule has 2 nitrogen and oxygen atoms in total. The van der Waals surface area contributed by atoms with Crippen molar-refractivity contribution >= 4 is 0 Å². The lowest BCUT2D eigenvalue weighted by molar-refractivity contribution is 0.315. The van der Waals surface area contributed by atoms with Crippen LogP contribution in [0.15, 0.2) is 0 Å². The van der Waals surface area contributed by atoms with Crippen LogP contribution in [-0.4, -0.2) is 38.1 Å². The molecule has 2 heteroatoms. The quantitative estimate of drug-likeness (QED) is 0.449. The molecule has 0 unspecified atom stereocenters. The molecule has 0 saturated heterocycles. The molecule has 0 aromatic heterocycles. The van der Waals surface area contributed by atoms with E-state index in [-0.39, 0.29) is 0 Å². The smallest absolute Gasteiger partial charge is 0.0598 e. The molecule has 0 amide bonds. The van der Waals surface area contributed by atoms with Crippen LogP contribution in [0.1, 0.15) is 19.8 Å². The molecule has 0 aromatic carbocycles. The summed E-state index contributed by atoms with van der Waals surface area (Å²) in [4.78, 5) is 2.29. The first-order valence-corrected chi connectivity index (χ1v) is 4.65. The zero-order valence-electron chi connectivity index (χ0n) is 8.27. The van der Waals surface area contributed by atoms with Crippen LogP contribution in [-0.2, 0) is 0 Å². The van der Waals surface area contributed by atoms with Crippen molar-refractivity contribution in [1.29, 1.82) is 0 Å². The van der Waals surface area contributed by atoms with Gasteiger partial charge >= 0.3 is 0 Å². The monoisotopic (exact) mass is 168 g/mol. The number of nitrogens with zero attached hydrogens (tertiary/aromatic N) is 1. The number of terminal acetylenes is 1. The van der Waals surface area contributed by atoms with Gasteiger partial charge in [0.05, 0.1) is 6.54 Å². The second-order valence-corrected chi connectivity index (χ2v) is 2.88. The Labute approximate surface area is 76.3 Å². The summed E-state index contributed by atoms with van der Waals surface area (Å²) in [5.41, 5.74) is 0. The van der Waals surface area contributed by atoms with Gasteiger partial charge in [0.2, 0.25) is 0 Å². The van der Waals surface area contributed by atoms with Gasteiger partial charge in [0.15, 0.2) is 0 Å². The average Bonchev–Trinajstić information content (AvgIpc) is 2.10. The zero-order chi connectivity index (χ0) is 9.23. The molecule has 12 heavy (non-hydrogen) atoms. The topological polar surface area (TPSA) is 15.3 Å². The van der Waals surface area contributed by atoms with Gasteiger partial charge in [0, 0.05) is 0 Å². The summed E-state index contributed by atoms with van der Waals surface area (Å²) in [6.45, 7) is 6.23. The number of hydrogen-bond donors (Lipinski definition) is 1. The van der Waals surface area contributed by atoms with Crippen molar-refractivity contribution in [1.82, 2.24) is 10.2 Å². The van der Waals surface area contributed by atoms with E-state index in [2.05, 4.69) is 23.1 Å². The van der Waals surface area contributed by atoms with Gasteiger partial charge in [-0.3, -0.25) is 4.90 Å². The molecule has 0 bridgehead atoms. The molecular weight excluding hydrogens is 148 g/mol. The van der Waals surface area contributed by atoms with Crippen molar-refractivity contribution < 1.29 is 0 Å². The Bertz CT molecular complexity index is 126. The third kappa shape index (κ3) is 6.21. The predicted molar refractivity (Wildman–Crippen MR) is 54.1 cm³/mol. The van der Waals surface area contributed by atoms with Crippen LogP contribution in [0.25, 0.3) is 0 Å². The molecule has 1 N–H and O–H groups in total. The van der Waals surface area contributed by atoms with Crippen molar-refractivity contribution in [2.24, 2.45) is 0 Å². The Kier molecular flexibility index (Phi) is 8.20. The number of hydrogen-bond acceptors (Lipinski definition) is 2. The largest absolute Gasteiger partial charge is 0.320 e. The fourth-order valence-corrected chi connectivity index (χ4v) is 1.12. The molecule has 0 aliphatic heterocycles. The van der Waals surface area contributed by atoms with Crippen LogP contribution in [0.3, 0.4) is 0 Å². The van der Waals surface area contributed by atoms with E-state index in [1.54, 1.807) is 0 Å². The van der Waals surface area contributed by atoms with Gasteiger partial charge in [-0.05, 0) is 39.5 Å². The fourth-order valence-electron chi connectivity index (χ4n) is 1.12. The van der Waals surface area contributed by atoms with Crippen molar-refractivity contribution in [3.05, 3.63) is 0 Å². The fraction of sp³-hybridized carbons (Fsp3) is 0.800. The van der Waals surface area contributed by atoms with Crippen LogP contribution in [0.5, 0.6) is 0 Å². The first-order valence-electron chi connectivity index (χ1n) is 4.65. The SMILES string of the molecule is C#CCN(CC)CCCCNC. The molecule has 0 heterocycles. The van der Waals surface area contributed by atoms with Crippen LogP contribution >= 0.6 is 0 Å². The second-order valence-electron chi connectivity index (χ2n) is 2.88. The summed E-state index contributed by atoms with van der Waals surface area (Å²) in [5, 5.41) is 3.13. The van der Waals surface area contributed by atoms with Gasteiger partial charge < -0.3 is 5.32 Å². The molecule has 0 spiro atoms. The molecule has 0 radical (unpaired) electrons. The zero-order valence-corrected chi connectivity index (χ0v) is 8.27. The van der Waals surface area contributed by atoms with Gasteiger partial charge in [-0.1, -0.05) is 12.8 Å². The highest BCUT2D eigenvalue weighted by molar-refractivity contribution is 4.87. The lowest BCUT2D eigenvalue weighted by atomic mass is 10.3. The Balaban J connectivity index is 3.26. The first kappa shape index (κ1) is 11.5. The maximum absolute atomic E-state index is 5.23. The van der Waals surface area contributed by atoms with Crippen molar-refractivity contribution in [2.45, 2.75) is 19.8 Å². The minimum absolute atomic E-state index is 0.788. The highest BCUT2D eigenvalue weighted by atomic mass is 15.1. The van der Waals surface area contributed by atoms with E-state index >= 15 is 0 Å². The Morgan fingerprint density at radius 1 is 1.42 bits per heavy atom. The second kappa shape index (κ2) is 8.58. The van der Waals surface area contributed by atoms with Gasteiger partial charge in [-0.15, -0.1) is 6.42 Å². The van der Waals surface area contributed by atoms with Crippen molar-refractivity contribution in [3.8, 4) is 12.3 Å². The van der Waals surface area contributed by atoms with E-state index in [9.17, 15) is 0 Å². The van der Waals surface area contributed by atoms with Crippen LogP contribution < -0.4 is 5.32 Å². The van der Waals surface area contributed by atoms with Crippen LogP contribution in [0.4, 0.5) is 0 Å². The summed E-state index contributed by atoms with van der Waals surface area (Å²) in [5.74, 6) is 2.67. The van der Waals surface area contributed by atoms with Crippen LogP contribution in [0.2, 0.25) is 0 Å². The summed E-state index contributed by atoms with van der Waals surface area (Å²) < 4.78 is 0. The third-order valence-electron chi connectivity index (χ3n) is 1.91. The minimum Gasteiger partial charge on any atom is -0.320 e. The van der Waals surface area contributed by atoms with Crippen molar-refractivity contribution in [3.63, 3.8) is 0 Å². The van der Waals surface area contributed by atoms with E-state index < -0.39 is 0 Å².